The molecule has 0 heteroatoms. The lowest BCUT2D eigenvalue weighted by molar-refractivity contribution is 0.864. The van der Waals surface area contributed by atoms with Gasteiger partial charge in [-0.2, -0.15) is 0 Å². The lowest BCUT2D eigenvalue weighted by atomic mass is 9.86. The highest BCUT2D eigenvalue weighted by Crippen LogP contribution is 2.42. The lowest BCUT2D eigenvalue weighted by Gasteiger charge is -2.17. The van der Waals surface area contributed by atoms with E-state index in [2.05, 4.69) is 165 Å². The Labute approximate surface area is 280 Å². The molecular weight excluding hydrogens is 577 g/mol. The molecule has 0 radical (unpaired) electrons. The number of benzene rings is 9. The van der Waals surface area contributed by atoms with Crippen LogP contribution in [0.25, 0.3) is 86.9 Å². The van der Waals surface area contributed by atoms with Crippen LogP contribution in [0.4, 0.5) is 0 Å². The van der Waals surface area contributed by atoms with Crippen LogP contribution in [0.3, 0.4) is 0 Å². The first-order valence-corrected chi connectivity index (χ1v) is 17.0. The number of allylic oxidation sites excluding steroid dienone is 4. The lowest BCUT2D eigenvalue weighted by Crippen LogP contribution is -1.97. The Hall–Kier alpha value is -5.90. The standard InChI is InChI=1S/C48H32/c1-29(2)44-28-38(41-24-19-37-17-15-33-9-5-11-35-21-27-43(41)48(37)46(33)35)22-25-40(44)31-7-3-6-30(12-13-31)39-23-18-36-16-14-32-8-4-10-34-20-26-42(39)47(36)45(32)34/h4-5,8-29H,6H2,1-2H3. The Balaban J connectivity index is 1.09. The molecule has 0 atom stereocenters. The van der Waals surface area contributed by atoms with Gasteiger partial charge in [0.2, 0.25) is 0 Å². The minimum atomic E-state index is 0.353. The molecule has 0 amide bonds. The van der Waals surface area contributed by atoms with Crippen molar-refractivity contribution in [2.75, 3.05) is 0 Å². The van der Waals surface area contributed by atoms with E-state index in [0.717, 1.165) is 12.0 Å². The highest BCUT2D eigenvalue weighted by molar-refractivity contribution is 6.26. The third-order valence-corrected chi connectivity index (χ3v) is 10.6. The van der Waals surface area contributed by atoms with Gasteiger partial charge in [0.05, 0.1) is 0 Å². The Morgan fingerprint density at radius 3 is 1.58 bits per heavy atom. The summed E-state index contributed by atoms with van der Waals surface area (Å²) in [6.45, 7) is 4.59. The van der Waals surface area contributed by atoms with Crippen molar-refractivity contribution in [3.05, 3.63) is 156 Å². The number of hydrogen-bond donors (Lipinski definition) is 0. The summed E-state index contributed by atoms with van der Waals surface area (Å²) in [4.78, 5) is 0. The molecule has 0 spiro atoms. The van der Waals surface area contributed by atoms with E-state index >= 15 is 0 Å². The Bertz CT molecular complexity index is 2850. The van der Waals surface area contributed by atoms with Crippen LogP contribution in [0.2, 0.25) is 0 Å². The van der Waals surface area contributed by atoms with E-state index in [-0.39, 0.29) is 0 Å². The quantitative estimate of drug-likeness (QED) is 0.138. The van der Waals surface area contributed by atoms with Crippen LogP contribution < -0.4 is 0 Å². The van der Waals surface area contributed by atoms with Crippen LogP contribution >= 0.6 is 0 Å². The van der Waals surface area contributed by atoms with Crippen LogP contribution in [0.1, 0.15) is 42.9 Å². The fourth-order valence-corrected chi connectivity index (χ4v) is 8.32. The first kappa shape index (κ1) is 27.2. The molecule has 1 aliphatic carbocycles. The predicted molar refractivity (Wildman–Crippen MR) is 208 cm³/mol. The van der Waals surface area contributed by atoms with Crippen molar-refractivity contribution in [2.45, 2.75) is 26.2 Å². The van der Waals surface area contributed by atoms with Crippen LogP contribution in [-0.2, 0) is 0 Å². The van der Waals surface area contributed by atoms with Gasteiger partial charge in [0.25, 0.3) is 0 Å². The van der Waals surface area contributed by atoms with E-state index in [1.807, 2.05) is 0 Å². The van der Waals surface area contributed by atoms with Crippen LogP contribution in [0.5, 0.6) is 0 Å². The first-order chi connectivity index (χ1) is 23.6. The van der Waals surface area contributed by atoms with Crippen LogP contribution in [0, 0.1) is 11.8 Å². The molecule has 0 saturated carbocycles. The van der Waals surface area contributed by atoms with Crippen LogP contribution in [-0.4, -0.2) is 0 Å². The maximum Gasteiger partial charge on any atom is 0.0350 e. The Kier molecular flexibility index (Phi) is 5.84. The summed E-state index contributed by atoms with van der Waals surface area (Å²) >= 11 is 0. The van der Waals surface area contributed by atoms with Gasteiger partial charge in [-0.05, 0) is 110 Å². The van der Waals surface area contributed by atoms with E-state index in [1.54, 1.807) is 0 Å². The molecule has 0 saturated heterocycles. The number of rotatable bonds is 4. The monoisotopic (exact) mass is 608 g/mol. The van der Waals surface area contributed by atoms with Crippen molar-refractivity contribution in [3.8, 4) is 23.0 Å². The second kappa shape index (κ2) is 10.3. The Morgan fingerprint density at radius 1 is 0.479 bits per heavy atom. The second-order valence-electron chi connectivity index (χ2n) is 13.6. The van der Waals surface area contributed by atoms with Gasteiger partial charge in [0.1, 0.15) is 0 Å². The van der Waals surface area contributed by atoms with Crippen molar-refractivity contribution in [1.82, 2.24) is 0 Å². The summed E-state index contributed by atoms with van der Waals surface area (Å²) in [7, 11) is 0. The summed E-state index contributed by atoms with van der Waals surface area (Å²) in [5, 5.41) is 15.8. The highest BCUT2D eigenvalue weighted by atomic mass is 14.2. The minimum Gasteiger partial charge on any atom is -0.0931 e. The van der Waals surface area contributed by atoms with Crippen molar-refractivity contribution in [2.24, 2.45) is 0 Å². The van der Waals surface area contributed by atoms with Crippen molar-refractivity contribution < 1.29 is 0 Å². The fraction of sp³-hybridized carbons (Fsp3) is 0.0833. The normalized spacial score (nSPS) is 13.6. The maximum atomic E-state index is 3.57. The van der Waals surface area contributed by atoms with Crippen LogP contribution in [0.15, 0.2) is 140 Å². The third-order valence-electron chi connectivity index (χ3n) is 10.6. The topological polar surface area (TPSA) is 0 Å². The van der Waals surface area contributed by atoms with Gasteiger partial charge in [0, 0.05) is 12.0 Å². The molecule has 0 aromatic heterocycles. The zero-order chi connectivity index (χ0) is 31.9. The molecule has 0 N–H and O–H groups in total. The summed E-state index contributed by atoms with van der Waals surface area (Å²) in [5.41, 5.74) is 8.74. The molecule has 0 heterocycles. The highest BCUT2D eigenvalue weighted by Gasteiger charge is 2.17. The van der Waals surface area contributed by atoms with E-state index in [0.29, 0.717) is 5.92 Å². The molecule has 0 unspecified atom stereocenters. The van der Waals surface area contributed by atoms with Gasteiger partial charge >= 0.3 is 0 Å². The fourth-order valence-electron chi connectivity index (χ4n) is 8.32. The first-order valence-electron chi connectivity index (χ1n) is 17.0. The summed E-state index contributed by atoms with van der Waals surface area (Å²) in [6, 6.07) is 47.6. The van der Waals surface area contributed by atoms with Gasteiger partial charge < -0.3 is 0 Å². The SMILES string of the molecule is CC(C)c1cc(-c2ccc3ccc4cccc5ccc2c3c45)ccc1C1=CC=C(c2ccc3ccc4cccc5ccc2c3c45)CC#C1. The smallest absolute Gasteiger partial charge is 0.0350 e. The van der Waals surface area contributed by atoms with Gasteiger partial charge in [-0.25, -0.2) is 0 Å². The van der Waals surface area contributed by atoms with Gasteiger partial charge in [-0.15, -0.1) is 0 Å². The molecule has 48 heavy (non-hydrogen) atoms. The molecule has 0 aliphatic heterocycles. The zero-order valence-electron chi connectivity index (χ0n) is 27.1. The predicted octanol–water partition coefficient (Wildman–Crippen LogP) is 13.1. The van der Waals surface area contributed by atoms with E-state index in [1.165, 1.54) is 98.0 Å². The molecule has 9 aromatic carbocycles. The zero-order valence-corrected chi connectivity index (χ0v) is 27.1. The molecule has 9 aromatic rings. The maximum absolute atomic E-state index is 3.57. The molecule has 1 aliphatic rings. The van der Waals surface area contributed by atoms with Crippen molar-refractivity contribution in [1.29, 1.82) is 0 Å². The van der Waals surface area contributed by atoms with Gasteiger partial charge in [-0.1, -0.05) is 159 Å². The molecule has 0 bridgehead atoms. The largest absolute Gasteiger partial charge is 0.0931 e. The third kappa shape index (κ3) is 3.98. The van der Waals surface area contributed by atoms with E-state index < -0.39 is 0 Å². The molecule has 224 valence electrons. The molecule has 10 rings (SSSR count). The van der Waals surface area contributed by atoms with E-state index in [4.69, 9.17) is 0 Å². The number of hydrogen-bond acceptors (Lipinski definition) is 0. The summed E-state index contributed by atoms with van der Waals surface area (Å²) in [6.07, 6.45) is 5.28. The van der Waals surface area contributed by atoms with E-state index in [9.17, 15) is 0 Å². The molecular formula is C48H32. The average molecular weight is 609 g/mol. The molecule has 0 nitrogen and oxygen atoms in total. The molecule has 0 fully saturated rings. The average Bonchev–Trinajstić information content (AvgIpc) is 3.39. The van der Waals surface area contributed by atoms with Crippen molar-refractivity contribution >= 4 is 75.8 Å². The van der Waals surface area contributed by atoms with Gasteiger partial charge in [-0.3, -0.25) is 0 Å². The Morgan fingerprint density at radius 2 is 0.979 bits per heavy atom. The summed E-state index contributed by atoms with van der Waals surface area (Å²) < 4.78 is 0. The second-order valence-corrected chi connectivity index (χ2v) is 13.6. The van der Waals surface area contributed by atoms with Gasteiger partial charge in [0.15, 0.2) is 0 Å². The summed E-state index contributed by atoms with van der Waals surface area (Å²) in [5.74, 6) is 7.48. The minimum absolute atomic E-state index is 0.353. The van der Waals surface area contributed by atoms with Crippen molar-refractivity contribution in [3.63, 3.8) is 0 Å².